The van der Waals surface area contributed by atoms with Gasteiger partial charge in [-0.3, -0.25) is 0 Å². The van der Waals surface area contributed by atoms with Crippen LogP contribution in [0.2, 0.25) is 0 Å². The van der Waals surface area contributed by atoms with Crippen molar-refractivity contribution in [3.8, 4) is 11.8 Å². The average molecular weight is 150 g/mol. The molecule has 1 nitrogen and oxygen atoms in total. The van der Waals surface area contributed by atoms with Gasteiger partial charge in [-0.1, -0.05) is 5.92 Å². The van der Waals surface area contributed by atoms with Crippen LogP contribution in [0.5, 0.6) is 0 Å². The molecule has 0 bridgehead atoms. The summed E-state index contributed by atoms with van der Waals surface area (Å²) in [4.78, 5) is 0. The molecule has 0 aromatic carbocycles. The Morgan fingerprint density at radius 3 is 2.17 bits per heavy atom. The molecule has 0 atom stereocenters. The zero-order chi connectivity index (χ0) is 4.12. The van der Waals surface area contributed by atoms with E-state index >= 15 is 0 Å². The molecule has 0 aliphatic carbocycles. The predicted octanol–water partition coefficient (Wildman–Crippen LogP) is 0.546. The standard InChI is InChI=1S/C4H7N.BrH/c1-2-3-4-5;/h4-5H2,1H3;1H. The largest absolute Gasteiger partial charge is 0.320 e. The first-order valence-electron chi connectivity index (χ1n) is 1.51. The van der Waals surface area contributed by atoms with E-state index in [1.54, 1.807) is 6.92 Å². The summed E-state index contributed by atoms with van der Waals surface area (Å²) in [5.74, 6) is 5.28. The smallest absolute Gasteiger partial charge is 0.0551 e. The summed E-state index contributed by atoms with van der Waals surface area (Å²) in [5, 5.41) is 0. The van der Waals surface area contributed by atoms with Crippen molar-refractivity contribution in [2.24, 2.45) is 5.73 Å². The summed E-state index contributed by atoms with van der Waals surface area (Å²) >= 11 is 0. The number of hydrogen-bond donors (Lipinski definition) is 1. The molecular weight excluding hydrogens is 142 g/mol. The SMILES string of the molecule is Br.CC#CCN. The second-order valence-corrected chi connectivity index (χ2v) is 0.631. The van der Waals surface area contributed by atoms with Crippen LogP contribution in [0.3, 0.4) is 0 Å². The fourth-order valence-electron chi connectivity index (χ4n) is 0.102. The van der Waals surface area contributed by atoms with Crippen molar-refractivity contribution in [2.75, 3.05) is 6.54 Å². The summed E-state index contributed by atoms with van der Waals surface area (Å²) in [6.45, 7) is 2.25. The van der Waals surface area contributed by atoms with Crippen LogP contribution in [0.15, 0.2) is 0 Å². The van der Waals surface area contributed by atoms with Gasteiger partial charge in [0.1, 0.15) is 0 Å². The van der Waals surface area contributed by atoms with Gasteiger partial charge in [0, 0.05) is 0 Å². The number of hydrogen-bond acceptors (Lipinski definition) is 1. The molecule has 0 unspecified atom stereocenters. The molecule has 0 heterocycles. The molecule has 0 saturated heterocycles. The molecule has 0 aromatic heterocycles. The zero-order valence-corrected chi connectivity index (χ0v) is 5.41. The monoisotopic (exact) mass is 149 g/mol. The number of nitrogens with two attached hydrogens (primary N) is 1. The van der Waals surface area contributed by atoms with Gasteiger partial charge in [-0.25, -0.2) is 0 Å². The van der Waals surface area contributed by atoms with E-state index in [4.69, 9.17) is 5.73 Å². The lowest BCUT2D eigenvalue weighted by Crippen LogP contribution is -1.91. The van der Waals surface area contributed by atoms with Crippen LogP contribution in [-0.2, 0) is 0 Å². The molecule has 2 N–H and O–H groups in total. The van der Waals surface area contributed by atoms with E-state index in [2.05, 4.69) is 11.8 Å². The van der Waals surface area contributed by atoms with Gasteiger partial charge >= 0.3 is 0 Å². The third-order valence-electron chi connectivity index (χ3n) is 0.279. The Morgan fingerprint density at radius 1 is 1.67 bits per heavy atom. The van der Waals surface area contributed by atoms with Crippen molar-refractivity contribution in [1.82, 2.24) is 0 Å². The van der Waals surface area contributed by atoms with Crippen LogP contribution >= 0.6 is 17.0 Å². The Balaban J connectivity index is 0. The molecule has 2 heteroatoms. The summed E-state index contributed by atoms with van der Waals surface area (Å²) in [6.07, 6.45) is 0. The maximum atomic E-state index is 4.97. The third-order valence-corrected chi connectivity index (χ3v) is 0.279. The summed E-state index contributed by atoms with van der Waals surface area (Å²) in [6, 6.07) is 0. The van der Waals surface area contributed by atoms with E-state index in [9.17, 15) is 0 Å². The topological polar surface area (TPSA) is 26.0 Å². The molecule has 0 aliphatic rings. The van der Waals surface area contributed by atoms with Gasteiger partial charge in [0.15, 0.2) is 0 Å². The number of rotatable bonds is 0. The molecule has 0 aromatic rings. The summed E-state index contributed by atoms with van der Waals surface area (Å²) in [7, 11) is 0. The Morgan fingerprint density at radius 2 is 2.17 bits per heavy atom. The van der Waals surface area contributed by atoms with Gasteiger partial charge in [-0.05, 0) is 6.92 Å². The highest BCUT2D eigenvalue weighted by molar-refractivity contribution is 8.93. The van der Waals surface area contributed by atoms with E-state index in [0.717, 1.165) is 0 Å². The normalized spacial score (nSPS) is 4.33. The Kier molecular flexibility index (Phi) is 13.9. The second kappa shape index (κ2) is 8.89. The van der Waals surface area contributed by atoms with Crippen molar-refractivity contribution in [3.63, 3.8) is 0 Å². The highest BCUT2D eigenvalue weighted by atomic mass is 79.9. The van der Waals surface area contributed by atoms with E-state index in [-0.39, 0.29) is 17.0 Å². The van der Waals surface area contributed by atoms with Gasteiger partial charge in [-0.15, -0.1) is 22.9 Å². The quantitative estimate of drug-likeness (QED) is 0.501. The first-order chi connectivity index (χ1) is 2.41. The number of halogens is 1. The second-order valence-electron chi connectivity index (χ2n) is 0.631. The molecule has 0 spiro atoms. The fourth-order valence-corrected chi connectivity index (χ4v) is 0.102. The summed E-state index contributed by atoms with van der Waals surface area (Å²) in [5.41, 5.74) is 4.97. The van der Waals surface area contributed by atoms with E-state index in [0.29, 0.717) is 6.54 Å². The van der Waals surface area contributed by atoms with Crippen molar-refractivity contribution in [1.29, 1.82) is 0 Å². The van der Waals surface area contributed by atoms with Gasteiger partial charge in [0.25, 0.3) is 0 Å². The van der Waals surface area contributed by atoms with Crippen molar-refractivity contribution in [2.45, 2.75) is 6.92 Å². The fraction of sp³-hybridized carbons (Fsp3) is 0.500. The third kappa shape index (κ3) is 9.00. The maximum absolute atomic E-state index is 4.97. The first kappa shape index (κ1) is 9.38. The molecule has 36 valence electrons. The zero-order valence-electron chi connectivity index (χ0n) is 3.69. The van der Waals surface area contributed by atoms with E-state index < -0.39 is 0 Å². The van der Waals surface area contributed by atoms with E-state index in [1.807, 2.05) is 0 Å². The Bertz CT molecular complexity index is 59.7. The minimum Gasteiger partial charge on any atom is -0.320 e. The molecule has 0 aliphatic heterocycles. The molecule has 0 amide bonds. The highest BCUT2D eigenvalue weighted by Gasteiger charge is 1.47. The van der Waals surface area contributed by atoms with Crippen LogP contribution < -0.4 is 5.73 Å². The van der Waals surface area contributed by atoms with Gasteiger partial charge in [-0.2, -0.15) is 0 Å². The van der Waals surface area contributed by atoms with Gasteiger partial charge < -0.3 is 5.73 Å². The Hall–Kier alpha value is 0.00000000000000000694. The molecule has 0 rings (SSSR count). The molecule has 0 fully saturated rings. The lowest BCUT2D eigenvalue weighted by atomic mass is 10.6. The molecule has 0 saturated carbocycles. The predicted molar refractivity (Wildman–Crippen MR) is 32.8 cm³/mol. The van der Waals surface area contributed by atoms with Gasteiger partial charge in [0.05, 0.1) is 6.54 Å². The van der Waals surface area contributed by atoms with Crippen LogP contribution in [-0.4, -0.2) is 6.54 Å². The lowest BCUT2D eigenvalue weighted by molar-refractivity contribution is 1.30. The minimum atomic E-state index is 0. The lowest BCUT2D eigenvalue weighted by Gasteiger charge is -1.60. The van der Waals surface area contributed by atoms with Crippen molar-refractivity contribution >= 4 is 17.0 Å². The van der Waals surface area contributed by atoms with Gasteiger partial charge in [0.2, 0.25) is 0 Å². The Labute approximate surface area is 48.7 Å². The maximum Gasteiger partial charge on any atom is 0.0551 e. The molecule has 0 radical (unpaired) electrons. The van der Waals surface area contributed by atoms with Crippen LogP contribution in [0.1, 0.15) is 6.92 Å². The highest BCUT2D eigenvalue weighted by Crippen LogP contribution is 1.40. The van der Waals surface area contributed by atoms with Crippen LogP contribution in [0.25, 0.3) is 0 Å². The van der Waals surface area contributed by atoms with Crippen molar-refractivity contribution in [3.05, 3.63) is 0 Å². The molecular formula is C4H8BrN. The summed E-state index contributed by atoms with van der Waals surface area (Å²) < 4.78 is 0. The molecule has 6 heavy (non-hydrogen) atoms. The van der Waals surface area contributed by atoms with Crippen LogP contribution in [0, 0.1) is 11.8 Å². The first-order valence-corrected chi connectivity index (χ1v) is 1.51. The van der Waals surface area contributed by atoms with E-state index in [1.165, 1.54) is 0 Å². The van der Waals surface area contributed by atoms with Crippen LogP contribution in [0.4, 0.5) is 0 Å². The average Bonchev–Trinajstić information content (AvgIpc) is 1.41. The minimum absolute atomic E-state index is 0. The van der Waals surface area contributed by atoms with Crippen molar-refractivity contribution < 1.29 is 0 Å².